The number of hydrogen-bond acceptors (Lipinski definition) is 6. The summed E-state index contributed by atoms with van der Waals surface area (Å²) in [7, 11) is 0. The van der Waals surface area contributed by atoms with E-state index in [4.69, 9.17) is 16.7 Å². The summed E-state index contributed by atoms with van der Waals surface area (Å²) in [5.74, 6) is -1.28. The molecule has 0 spiro atoms. The number of carbonyl (C=O) groups is 2. The molecule has 1 aromatic heterocycles. The number of aryl methyl sites for hydroxylation is 1. The van der Waals surface area contributed by atoms with E-state index in [1.807, 2.05) is 0 Å². The van der Waals surface area contributed by atoms with Crippen molar-refractivity contribution in [2.75, 3.05) is 17.2 Å². The van der Waals surface area contributed by atoms with E-state index in [1.165, 1.54) is 11.3 Å². The number of rotatable bonds is 9. The molecule has 0 aliphatic carbocycles. The van der Waals surface area contributed by atoms with E-state index in [9.17, 15) is 9.59 Å². The molecule has 0 atom stereocenters. The first kappa shape index (κ1) is 19.1. The number of halogens is 1. The Morgan fingerprint density at radius 3 is 2.84 bits per heavy atom. The lowest BCUT2D eigenvalue weighted by Crippen LogP contribution is -2.16. The van der Waals surface area contributed by atoms with Crippen LogP contribution in [0.1, 0.15) is 41.6 Å². The van der Waals surface area contributed by atoms with Crippen LogP contribution < -0.4 is 10.6 Å². The third-order valence-corrected chi connectivity index (χ3v) is 4.45. The van der Waals surface area contributed by atoms with Gasteiger partial charge in [0.2, 0.25) is 5.13 Å². The van der Waals surface area contributed by atoms with Gasteiger partial charge in [-0.3, -0.25) is 14.9 Å². The van der Waals surface area contributed by atoms with Crippen molar-refractivity contribution >= 4 is 45.6 Å². The minimum Gasteiger partial charge on any atom is -0.481 e. The van der Waals surface area contributed by atoms with Crippen LogP contribution in [0.2, 0.25) is 5.02 Å². The third kappa shape index (κ3) is 5.99. The number of amides is 1. The van der Waals surface area contributed by atoms with Gasteiger partial charge in [0.05, 0.1) is 12.0 Å². The Kier molecular flexibility index (Phi) is 7.15. The smallest absolute Gasteiger partial charge is 0.305 e. The van der Waals surface area contributed by atoms with Crippen molar-refractivity contribution in [3.05, 3.63) is 33.8 Å². The molecule has 134 valence electrons. The summed E-state index contributed by atoms with van der Waals surface area (Å²) in [6.45, 7) is 2.29. The average molecular weight is 383 g/mol. The number of unbranched alkanes of at least 4 members (excludes halogenated alkanes) is 1. The zero-order valence-electron chi connectivity index (χ0n) is 13.7. The summed E-state index contributed by atoms with van der Waals surface area (Å²) in [5, 5.41) is 24.2. The molecule has 2 aromatic rings. The Hall–Kier alpha value is -2.19. The van der Waals surface area contributed by atoms with Crippen LogP contribution in [0, 0.1) is 0 Å². The summed E-state index contributed by atoms with van der Waals surface area (Å²) < 4.78 is 0. The molecule has 7 nitrogen and oxygen atoms in total. The van der Waals surface area contributed by atoms with E-state index in [1.54, 1.807) is 18.2 Å². The standard InChI is InChI=1S/C16H19ClN4O3S/c1-2-3-4-13-20-21-16(25-13)19-15(24)11-6-5-10(17)9-12(11)18-8-7-14(22)23/h5-6,9,18H,2-4,7-8H2,1H3,(H,22,23)(H,19,21,24). The predicted octanol–water partition coefficient (Wildman–Crippen LogP) is 3.67. The van der Waals surface area contributed by atoms with E-state index in [-0.39, 0.29) is 18.9 Å². The Bertz CT molecular complexity index is 751. The first-order valence-corrected chi connectivity index (χ1v) is 9.08. The van der Waals surface area contributed by atoms with Gasteiger partial charge in [-0.2, -0.15) is 0 Å². The van der Waals surface area contributed by atoms with Crippen LogP contribution in [-0.4, -0.2) is 33.7 Å². The number of nitrogens with zero attached hydrogens (tertiary/aromatic N) is 2. The van der Waals surface area contributed by atoms with Gasteiger partial charge in [0, 0.05) is 23.7 Å². The molecule has 0 fully saturated rings. The van der Waals surface area contributed by atoms with Gasteiger partial charge in [0.1, 0.15) is 5.01 Å². The van der Waals surface area contributed by atoms with Crippen LogP contribution in [0.5, 0.6) is 0 Å². The highest BCUT2D eigenvalue weighted by Crippen LogP contribution is 2.24. The first-order valence-electron chi connectivity index (χ1n) is 7.88. The van der Waals surface area contributed by atoms with Gasteiger partial charge in [0.25, 0.3) is 5.91 Å². The maximum atomic E-state index is 12.5. The second kappa shape index (κ2) is 9.33. The van der Waals surface area contributed by atoms with Crippen LogP contribution in [0.25, 0.3) is 0 Å². The van der Waals surface area contributed by atoms with Crippen molar-refractivity contribution in [2.24, 2.45) is 0 Å². The quantitative estimate of drug-likeness (QED) is 0.611. The van der Waals surface area contributed by atoms with Crippen LogP contribution >= 0.6 is 22.9 Å². The van der Waals surface area contributed by atoms with Crippen molar-refractivity contribution in [1.82, 2.24) is 10.2 Å². The first-order chi connectivity index (χ1) is 12.0. The lowest BCUT2D eigenvalue weighted by Gasteiger charge is -2.11. The van der Waals surface area contributed by atoms with Gasteiger partial charge in [-0.25, -0.2) is 0 Å². The Labute approximate surface area is 154 Å². The number of carbonyl (C=O) groups excluding carboxylic acids is 1. The zero-order valence-corrected chi connectivity index (χ0v) is 15.3. The molecule has 1 heterocycles. The molecule has 25 heavy (non-hydrogen) atoms. The van der Waals surface area contributed by atoms with Crippen LogP contribution in [0.4, 0.5) is 10.8 Å². The van der Waals surface area contributed by atoms with E-state index < -0.39 is 5.97 Å². The SMILES string of the molecule is CCCCc1nnc(NC(=O)c2ccc(Cl)cc2NCCC(=O)O)s1. The van der Waals surface area contributed by atoms with Crippen LogP contribution in [-0.2, 0) is 11.2 Å². The molecule has 3 N–H and O–H groups in total. The van der Waals surface area contributed by atoms with E-state index in [2.05, 4.69) is 27.8 Å². The number of carboxylic acids is 1. The molecule has 0 aliphatic rings. The van der Waals surface area contributed by atoms with Gasteiger partial charge < -0.3 is 10.4 Å². The van der Waals surface area contributed by atoms with Gasteiger partial charge in [-0.05, 0) is 24.6 Å². The monoisotopic (exact) mass is 382 g/mol. The van der Waals surface area contributed by atoms with Crippen molar-refractivity contribution in [3.63, 3.8) is 0 Å². The number of carboxylic acid groups (broad SMARTS) is 1. The largest absolute Gasteiger partial charge is 0.481 e. The van der Waals surface area contributed by atoms with E-state index in [0.717, 1.165) is 24.3 Å². The molecule has 0 saturated heterocycles. The summed E-state index contributed by atoms with van der Waals surface area (Å²) >= 11 is 7.31. The normalized spacial score (nSPS) is 10.5. The van der Waals surface area contributed by atoms with Gasteiger partial charge in [0.15, 0.2) is 0 Å². The highest BCUT2D eigenvalue weighted by atomic mass is 35.5. The van der Waals surface area contributed by atoms with Crippen LogP contribution in [0.15, 0.2) is 18.2 Å². The second-order valence-electron chi connectivity index (χ2n) is 5.32. The molecule has 0 unspecified atom stereocenters. The summed E-state index contributed by atoms with van der Waals surface area (Å²) in [6.07, 6.45) is 2.87. The number of aliphatic carboxylic acids is 1. The lowest BCUT2D eigenvalue weighted by molar-refractivity contribution is -0.136. The topological polar surface area (TPSA) is 104 Å². The number of aromatic nitrogens is 2. The number of nitrogens with one attached hydrogen (secondary N) is 2. The van der Waals surface area contributed by atoms with Gasteiger partial charge >= 0.3 is 5.97 Å². The maximum absolute atomic E-state index is 12.5. The van der Waals surface area contributed by atoms with Crippen molar-refractivity contribution in [3.8, 4) is 0 Å². The molecular formula is C16H19ClN4O3S. The number of hydrogen-bond donors (Lipinski definition) is 3. The zero-order chi connectivity index (χ0) is 18.2. The number of benzene rings is 1. The molecule has 0 saturated carbocycles. The van der Waals surface area contributed by atoms with Gasteiger partial charge in [-0.15, -0.1) is 10.2 Å². The molecule has 0 aliphatic heterocycles. The minimum absolute atomic E-state index is 0.0647. The lowest BCUT2D eigenvalue weighted by atomic mass is 10.1. The highest BCUT2D eigenvalue weighted by Gasteiger charge is 2.15. The summed E-state index contributed by atoms with van der Waals surface area (Å²) in [5.41, 5.74) is 0.835. The molecule has 9 heteroatoms. The third-order valence-electron chi connectivity index (χ3n) is 3.31. The Morgan fingerprint density at radius 1 is 1.32 bits per heavy atom. The summed E-state index contributed by atoms with van der Waals surface area (Å²) in [4.78, 5) is 23.1. The summed E-state index contributed by atoms with van der Waals surface area (Å²) in [6, 6.07) is 4.77. The molecule has 2 rings (SSSR count). The molecule has 1 amide bonds. The van der Waals surface area contributed by atoms with Gasteiger partial charge in [-0.1, -0.05) is 36.3 Å². The number of anilines is 2. The average Bonchev–Trinajstić information content (AvgIpc) is 3.00. The van der Waals surface area contributed by atoms with Crippen molar-refractivity contribution in [2.45, 2.75) is 32.6 Å². The molecule has 1 aromatic carbocycles. The van der Waals surface area contributed by atoms with E-state index in [0.29, 0.717) is 21.4 Å². The Morgan fingerprint density at radius 2 is 2.12 bits per heavy atom. The van der Waals surface area contributed by atoms with Crippen molar-refractivity contribution < 1.29 is 14.7 Å². The van der Waals surface area contributed by atoms with Crippen LogP contribution in [0.3, 0.4) is 0 Å². The molecular weight excluding hydrogens is 364 g/mol. The fourth-order valence-electron chi connectivity index (χ4n) is 2.06. The molecule has 0 bridgehead atoms. The molecule has 0 radical (unpaired) electrons. The highest BCUT2D eigenvalue weighted by molar-refractivity contribution is 7.15. The van der Waals surface area contributed by atoms with Crippen molar-refractivity contribution in [1.29, 1.82) is 0 Å². The fourth-order valence-corrected chi connectivity index (χ4v) is 3.01. The minimum atomic E-state index is -0.922. The van der Waals surface area contributed by atoms with E-state index >= 15 is 0 Å². The maximum Gasteiger partial charge on any atom is 0.305 e. The fraction of sp³-hybridized carbons (Fsp3) is 0.375. The Balaban J connectivity index is 2.07. The second-order valence-corrected chi connectivity index (χ2v) is 6.82. The predicted molar refractivity (Wildman–Crippen MR) is 98.7 cm³/mol.